The molecule has 0 spiro atoms. The van der Waals surface area contributed by atoms with Gasteiger partial charge in [-0.15, -0.1) is 0 Å². The summed E-state index contributed by atoms with van der Waals surface area (Å²) in [5, 5.41) is 6.98. The molecule has 0 unspecified atom stereocenters. The Bertz CT molecular complexity index is 1080. The van der Waals surface area contributed by atoms with Crippen LogP contribution in [0.15, 0.2) is 39.6 Å². The van der Waals surface area contributed by atoms with Crippen molar-refractivity contribution in [2.24, 2.45) is 5.14 Å². The first-order valence-corrected chi connectivity index (χ1v) is 11.5. The number of anilines is 1. The van der Waals surface area contributed by atoms with E-state index in [1.807, 2.05) is 0 Å². The van der Waals surface area contributed by atoms with Crippen molar-refractivity contribution in [2.45, 2.75) is 35.6 Å². The molecular weight excluding hydrogens is 452 g/mol. The van der Waals surface area contributed by atoms with E-state index in [1.54, 1.807) is 0 Å². The molecular formula is C18H17ClN4O5S2. The Morgan fingerprint density at radius 3 is 2.40 bits per heavy atom. The number of primary sulfonamides is 1. The highest BCUT2D eigenvalue weighted by Crippen LogP contribution is 2.43. The predicted octanol–water partition coefficient (Wildman–Crippen LogP) is 2.65. The third kappa shape index (κ3) is 4.84. The lowest BCUT2D eigenvalue weighted by molar-refractivity contribution is -0.127. The molecule has 158 valence electrons. The lowest BCUT2D eigenvalue weighted by atomic mass is 9.90. The first-order chi connectivity index (χ1) is 14.0. The Morgan fingerprint density at radius 1 is 1.27 bits per heavy atom. The van der Waals surface area contributed by atoms with Crippen LogP contribution in [0, 0.1) is 6.57 Å². The zero-order chi connectivity index (χ0) is 22.1. The summed E-state index contributed by atoms with van der Waals surface area (Å²) in [4.78, 5) is 40.7. The highest BCUT2D eigenvalue weighted by atomic mass is 35.5. The average Bonchev–Trinajstić information content (AvgIpc) is 2.96. The second-order valence-corrected chi connectivity index (χ2v) is 10.1. The molecule has 1 saturated carbocycles. The van der Waals surface area contributed by atoms with Crippen molar-refractivity contribution in [3.63, 3.8) is 0 Å². The maximum absolute atomic E-state index is 12.7. The van der Waals surface area contributed by atoms with Crippen LogP contribution in [0.1, 0.15) is 25.7 Å². The molecule has 2 aliphatic rings. The van der Waals surface area contributed by atoms with Gasteiger partial charge in [0.2, 0.25) is 15.9 Å². The highest BCUT2D eigenvalue weighted by Gasteiger charge is 2.42. The monoisotopic (exact) mass is 468 g/mol. The molecule has 3 rings (SSSR count). The summed E-state index contributed by atoms with van der Waals surface area (Å²) in [6.07, 6.45) is 1.69. The number of nitrogens with two attached hydrogens (primary N) is 1. The van der Waals surface area contributed by atoms with Crippen molar-refractivity contribution < 1.29 is 22.8 Å². The van der Waals surface area contributed by atoms with Crippen molar-refractivity contribution in [3.05, 3.63) is 46.2 Å². The van der Waals surface area contributed by atoms with Gasteiger partial charge in [0.25, 0.3) is 11.1 Å². The summed E-state index contributed by atoms with van der Waals surface area (Å²) < 4.78 is 22.5. The predicted molar refractivity (Wildman–Crippen MR) is 112 cm³/mol. The average molecular weight is 469 g/mol. The van der Waals surface area contributed by atoms with Crippen LogP contribution >= 0.6 is 23.4 Å². The Hall–Kier alpha value is -2.39. The summed E-state index contributed by atoms with van der Waals surface area (Å²) in [7, 11) is -3.85. The van der Waals surface area contributed by atoms with Gasteiger partial charge in [0.15, 0.2) is 0 Å². The van der Waals surface area contributed by atoms with Gasteiger partial charge in [-0.2, -0.15) is 0 Å². The number of sulfonamides is 1. The number of thioether (sulfide) groups is 1. The molecule has 1 heterocycles. The number of hydrogen-bond acceptors (Lipinski definition) is 6. The highest BCUT2D eigenvalue weighted by molar-refractivity contribution is 8.18. The number of carbonyl (C=O) groups is 3. The third-order valence-corrected chi connectivity index (χ3v) is 7.21. The summed E-state index contributed by atoms with van der Waals surface area (Å²) in [6.45, 7) is 6.67. The number of amides is 3. The van der Waals surface area contributed by atoms with E-state index in [2.05, 4.69) is 10.2 Å². The van der Waals surface area contributed by atoms with Crippen molar-refractivity contribution in [2.75, 3.05) is 11.9 Å². The van der Waals surface area contributed by atoms with E-state index in [1.165, 1.54) is 24.3 Å². The van der Waals surface area contributed by atoms with E-state index in [-0.39, 0.29) is 4.90 Å². The second kappa shape index (κ2) is 8.39. The maximum Gasteiger partial charge on any atom is 0.306 e. The van der Waals surface area contributed by atoms with Gasteiger partial charge in [-0.3, -0.25) is 24.1 Å². The number of alkyl halides is 1. The Kier molecular flexibility index (Phi) is 6.24. The van der Waals surface area contributed by atoms with Crippen LogP contribution < -0.4 is 10.5 Å². The summed E-state index contributed by atoms with van der Waals surface area (Å²) >= 11 is 6.95. The van der Waals surface area contributed by atoms with Gasteiger partial charge >= 0.3 is 5.00 Å². The molecule has 3 amide bonds. The van der Waals surface area contributed by atoms with Crippen LogP contribution in [-0.2, 0) is 19.6 Å². The summed E-state index contributed by atoms with van der Waals surface area (Å²) in [6, 6.07) is 5.17. The molecule has 0 aromatic heterocycles. The smallest absolute Gasteiger partial charge is 0.306 e. The van der Waals surface area contributed by atoms with E-state index < -0.39 is 38.6 Å². The van der Waals surface area contributed by atoms with Gasteiger partial charge in [0.05, 0.1) is 9.80 Å². The summed E-state index contributed by atoms with van der Waals surface area (Å²) in [5.41, 5.74) is 1.07. The number of halogens is 1. The lowest BCUT2D eigenvalue weighted by Crippen LogP contribution is -2.36. The third-order valence-electron chi connectivity index (χ3n) is 4.76. The minimum atomic E-state index is -3.85. The van der Waals surface area contributed by atoms with Crippen LogP contribution in [0.2, 0.25) is 0 Å². The van der Waals surface area contributed by atoms with Gasteiger partial charge in [-0.05, 0) is 66.0 Å². The van der Waals surface area contributed by atoms with Crippen LogP contribution in [0.3, 0.4) is 0 Å². The SMILES string of the molecule is [C-]#[N+]C1(Cl)CCC(=C2SC(=O)N(CC(=O)Nc3ccc(S(N)(=O)=O)cc3)C2=O)CC1. The number of nitrogens with one attached hydrogen (secondary N) is 1. The van der Waals surface area contributed by atoms with Crippen LogP contribution in [0.4, 0.5) is 10.5 Å². The van der Waals surface area contributed by atoms with Crippen LogP contribution in [-0.4, -0.2) is 41.9 Å². The molecule has 0 atom stereocenters. The number of nitrogens with zero attached hydrogens (tertiary/aromatic N) is 2. The fourth-order valence-electron chi connectivity index (χ4n) is 3.10. The molecule has 0 bridgehead atoms. The number of benzene rings is 1. The minimum Gasteiger partial charge on any atom is -0.325 e. The number of rotatable bonds is 4. The molecule has 1 aromatic carbocycles. The van der Waals surface area contributed by atoms with Gasteiger partial charge in [0, 0.05) is 18.5 Å². The van der Waals surface area contributed by atoms with Crippen molar-refractivity contribution in [1.29, 1.82) is 0 Å². The van der Waals surface area contributed by atoms with E-state index >= 15 is 0 Å². The number of imide groups is 1. The molecule has 9 nitrogen and oxygen atoms in total. The van der Waals surface area contributed by atoms with Crippen LogP contribution in [0.5, 0.6) is 0 Å². The van der Waals surface area contributed by atoms with Gasteiger partial charge in [-0.25, -0.2) is 20.1 Å². The number of carbonyl (C=O) groups excluding carboxylic acids is 3. The molecule has 1 aliphatic heterocycles. The zero-order valence-electron chi connectivity index (χ0n) is 15.6. The van der Waals surface area contributed by atoms with Crippen molar-refractivity contribution in [1.82, 2.24) is 4.90 Å². The number of allylic oxidation sites excluding steroid dienone is 1. The van der Waals surface area contributed by atoms with E-state index in [0.717, 1.165) is 22.2 Å². The summed E-state index contributed by atoms with van der Waals surface area (Å²) in [5.74, 6) is -1.15. The van der Waals surface area contributed by atoms with Gasteiger partial charge in [0.1, 0.15) is 6.54 Å². The molecule has 3 N–H and O–H groups in total. The van der Waals surface area contributed by atoms with E-state index in [9.17, 15) is 22.8 Å². The molecule has 1 saturated heterocycles. The van der Waals surface area contributed by atoms with Crippen molar-refractivity contribution >= 4 is 56.1 Å². The normalized spacial score (nSPS) is 22.2. The van der Waals surface area contributed by atoms with E-state index in [4.69, 9.17) is 23.3 Å². The molecule has 2 fully saturated rings. The molecule has 30 heavy (non-hydrogen) atoms. The molecule has 1 aliphatic carbocycles. The van der Waals surface area contributed by atoms with E-state index in [0.29, 0.717) is 36.3 Å². The Morgan fingerprint density at radius 2 is 1.87 bits per heavy atom. The standard InChI is InChI=1S/C18H17ClN4O5S2/c1-21-18(19)8-6-11(7-9-18)15-16(25)23(17(26)29-15)10-14(24)22-12-2-4-13(5-3-12)30(20,27)28/h2-5H,6-10H2,(H,22,24)(H2,20,27,28). The fraction of sp³-hybridized carbons (Fsp3) is 0.333. The first kappa shape index (κ1) is 22.3. The minimum absolute atomic E-state index is 0.107. The molecule has 1 aromatic rings. The topological polar surface area (TPSA) is 131 Å². The van der Waals surface area contributed by atoms with Gasteiger partial charge < -0.3 is 5.32 Å². The van der Waals surface area contributed by atoms with Crippen molar-refractivity contribution in [3.8, 4) is 0 Å². The largest absolute Gasteiger partial charge is 0.325 e. The molecule has 12 heteroatoms. The maximum atomic E-state index is 12.7. The first-order valence-electron chi connectivity index (χ1n) is 8.78. The number of hydrogen-bond donors (Lipinski definition) is 2. The fourth-order valence-corrected chi connectivity index (χ4v) is 4.78. The second-order valence-electron chi connectivity index (χ2n) is 6.84. The van der Waals surface area contributed by atoms with Gasteiger partial charge in [-0.1, -0.05) is 0 Å². The Labute approximate surface area is 182 Å². The quantitative estimate of drug-likeness (QED) is 0.302. The zero-order valence-corrected chi connectivity index (χ0v) is 17.9. The van der Waals surface area contributed by atoms with Crippen LogP contribution in [0.25, 0.3) is 4.85 Å². The Balaban J connectivity index is 1.65. The lowest BCUT2D eigenvalue weighted by Gasteiger charge is -2.22. The molecule has 0 radical (unpaired) electrons.